The Bertz CT molecular complexity index is 1100. The third-order valence-electron chi connectivity index (χ3n) is 5.95. The molecule has 0 unspecified atom stereocenters. The second-order valence-corrected chi connectivity index (χ2v) is 12.1. The van der Waals surface area contributed by atoms with Gasteiger partial charge < -0.3 is 15.5 Å². The second-order valence-electron chi connectivity index (χ2n) is 8.22. The first-order chi connectivity index (χ1) is 15.3. The monoisotopic (exact) mass is 496 g/mol. The summed E-state index contributed by atoms with van der Waals surface area (Å²) < 4.78 is 25.5. The van der Waals surface area contributed by atoms with E-state index in [0.717, 1.165) is 12.0 Å². The molecule has 1 aliphatic heterocycles. The molecular weight excluding hydrogens is 472 g/mol. The van der Waals surface area contributed by atoms with E-state index < -0.39 is 15.8 Å². The number of halogens is 1. The van der Waals surface area contributed by atoms with Gasteiger partial charge in [0.25, 0.3) is 0 Å². The SMILES string of the molecule is CNC(=O)N1CC[C@H](C[C@@H](C(=O)Nc2ncc(Cl)s2)c2ccc(S(=O)(=O)C3CC3)cc2)C1. The highest BCUT2D eigenvalue weighted by atomic mass is 35.5. The molecule has 32 heavy (non-hydrogen) atoms. The molecule has 2 atom stereocenters. The zero-order chi connectivity index (χ0) is 22.9. The molecule has 8 nitrogen and oxygen atoms in total. The second kappa shape index (κ2) is 9.36. The number of sulfone groups is 1. The number of likely N-dealkylation sites (tertiary alicyclic amines) is 1. The lowest BCUT2D eigenvalue weighted by Crippen LogP contribution is -2.36. The van der Waals surface area contributed by atoms with Crippen LogP contribution < -0.4 is 10.6 Å². The largest absolute Gasteiger partial charge is 0.341 e. The highest BCUT2D eigenvalue weighted by molar-refractivity contribution is 7.92. The van der Waals surface area contributed by atoms with Crippen LogP contribution in [0.15, 0.2) is 35.4 Å². The van der Waals surface area contributed by atoms with Gasteiger partial charge in [-0.2, -0.15) is 0 Å². The van der Waals surface area contributed by atoms with Gasteiger partial charge in [-0.25, -0.2) is 18.2 Å². The maximum Gasteiger partial charge on any atom is 0.317 e. The van der Waals surface area contributed by atoms with Crippen molar-refractivity contribution in [2.75, 3.05) is 25.5 Å². The van der Waals surface area contributed by atoms with E-state index in [0.29, 0.717) is 46.7 Å². The summed E-state index contributed by atoms with van der Waals surface area (Å²) in [4.78, 5) is 31.3. The molecule has 4 rings (SSSR count). The molecule has 1 saturated heterocycles. The number of carbonyl (C=O) groups is 2. The number of anilines is 1. The quantitative estimate of drug-likeness (QED) is 0.609. The zero-order valence-electron chi connectivity index (χ0n) is 17.6. The van der Waals surface area contributed by atoms with Gasteiger partial charge in [0, 0.05) is 20.1 Å². The smallest absolute Gasteiger partial charge is 0.317 e. The number of hydrogen-bond acceptors (Lipinski definition) is 6. The van der Waals surface area contributed by atoms with Crippen LogP contribution in [0.3, 0.4) is 0 Å². The van der Waals surface area contributed by atoms with Crippen LogP contribution in [0.2, 0.25) is 4.34 Å². The Labute approximate surface area is 196 Å². The van der Waals surface area contributed by atoms with Crippen LogP contribution in [-0.2, 0) is 14.6 Å². The maximum absolute atomic E-state index is 13.2. The lowest BCUT2D eigenvalue weighted by Gasteiger charge is -2.21. The average Bonchev–Trinajstić information content (AvgIpc) is 3.42. The van der Waals surface area contributed by atoms with Gasteiger partial charge in [-0.05, 0) is 49.3 Å². The average molecular weight is 497 g/mol. The molecular formula is C21H25ClN4O4S2. The topological polar surface area (TPSA) is 108 Å². The number of amides is 3. The van der Waals surface area contributed by atoms with E-state index in [2.05, 4.69) is 15.6 Å². The lowest BCUT2D eigenvalue weighted by atomic mass is 9.87. The number of rotatable bonds is 7. The summed E-state index contributed by atoms with van der Waals surface area (Å²) in [6.07, 6.45) is 4.22. The predicted octanol–water partition coefficient (Wildman–Crippen LogP) is 3.51. The van der Waals surface area contributed by atoms with Gasteiger partial charge in [0.2, 0.25) is 5.91 Å². The minimum absolute atomic E-state index is 0.124. The van der Waals surface area contributed by atoms with Crippen LogP contribution in [0.25, 0.3) is 0 Å². The molecule has 1 aliphatic carbocycles. The van der Waals surface area contributed by atoms with E-state index in [-0.39, 0.29) is 23.1 Å². The number of aromatic nitrogens is 1. The predicted molar refractivity (Wildman–Crippen MR) is 124 cm³/mol. The van der Waals surface area contributed by atoms with Gasteiger partial charge >= 0.3 is 6.03 Å². The summed E-state index contributed by atoms with van der Waals surface area (Å²) in [6, 6.07) is 6.50. The van der Waals surface area contributed by atoms with E-state index in [1.807, 2.05) is 0 Å². The van der Waals surface area contributed by atoms with Crippen molar-refractivity contribution in [1.29, 1.82) is 0 Å². The first-order valence-corrected chi connectivity index (χ1v) is 13.2. The first kappa shape index (κ1) is 23.0. The van der Waals surface area contributed by atoms with E-state index in [9.17, 15) is 18.0 Å². The number of nitrogens with one attached hydrogen (secondary N) is 2. The third-order valence-corrected chi connectivity index (χ3v) is 9.26. The lowest BCUT2D eigenvalue weighted by molar-refractivity contribution is -0.118. The van der Waals surface area contributed by atoms with Crippen LogP contribution in [0, 0.1) is 5.92 Å². The van der Waals surface area contributed by atoms with Crippen molar-refractivity contribution < 1.29 is 18.0 Å². The molecule has 1 aromatic carbocycles. The molecule has 2 heterocycles. The van der Waals surface area contributed by atoms with Gasteiger partial charge in [0.05, 0.1) is 22.3 Å². The molecule has 1 aromatic heterocycles. The number of carbonyl (C=O) groups excluding carboxylic acids is 2. The molecule has 0 bridgehead atoms. The molecule has 0 spiro atoms. The number of benzene rings is 1. The molecule has 2 N–H and O–H groups in total. The number of urea groups is 1. The Morgan fingerprint density at radius 1 is 1.25 bits per heavy atom. The normalized spacial score (nSPS) is 19.6. The van der Waals surface area contributed by atoms with E-state index >= 15 is 0 Å². The summed E-state index contributed by atoms with van der Waals surface area (Å²) in [5, 5.41) is 5.59. The first-order valence-electron chi connectivity index (χ1n) is 10.5. The fraction of sp³-hybridized carbons (Fsp3) is 0.476. The maximum atomic E-state index is 13.2. The Hall–Kier alpha value is -2.17. The van der Waals surface area contributed by atoms with E-state index in [1.54, 1.807) is 36.2 Å². The van der Waals surface area contributed by atoms with Crippen molar-refractivity contribution in [3.63, 3.8) is 0 Å². The molecule has 3 amide bonds. The molecule has 172 valence electrons. The van der Waals surface area contributed by atoms with Gasteiger partial charge in [0.15, 0.2) is 15.0 Å². The summed E-state index contributed by atoms with van der Waals surface area (Å²) in [5.41, 5.74) is 0.735. The van der Waals surface area contributed by atoms with Crippen molar-refractivity contribution in [3.8, 4) is 0 Å². The van der Waals surface area contributed by atoms with Crippen LogP contribution in [0.4, 0.5) is 9.93 Å². The van der Waals surface area contributed by atoms with Gasteiger partial charge in [-0.1, -0.05) is 35.1 Å². The van der Waals surface area contributed by atoms with Crippen molar-refractivity contribution >= 4 is 49.8 Å². The number of nitrogens with zero attached hydrogens (tertiary/aromatic N) is 2. The van der Waals surface area contributed by atoms with Crippen LogP contribution in [0.5, 0.6) is 0 Å². The Balaban J connectivity index is 1.54. The summed E-state index contributed by atoms with van der Waals surface area (Å²) >= 11 is 7.11. The molecule has 0 radical (unpaired) electrons. The van der Waals surface area contributed by atoms with Crippen LogP contribution >= 0.6 is 22.9 Å². The molecule has 1 saturated carbocycles. The summed E-state index contributed by atoms with van der Waals surface area (Å²) in [5.74, 6) is -0.588. The van der Waals surface area contributed by atoms with Crippen LogP contribution in [0.1, 0.15) is 37.2 Å². The zero-order valence-corrected chi connectivity index (χ0v) is 20.0. The Morgan fingerprint density at radius 2 is 1.97 bits per heavy atom. The van der Waals surface area contributed by atoms with Crippen molar-refractivity contribution in [1.82, 2.24) is 15.2 Å². The van der Waals surface area contributed by atoms with Crippen molar-refractivity contribution in [2.45, 2.75) is 41.7 Å². The minimum Gasteiger partial charge on any atom is -0.341 e. The third kappa shape index (κ3) is 5.07. The summed E-state index contributed by atoms with van der Waals surface area (Å²) in [7, 11) is -1.69. The van der Waals surface area contributed by atoms with Gasteiger partial charge in [-0.3, -0.25) is 4.79 Å². The van der Waals surface area contributed by atoms with Crippen LogP contribution in [-0.4, -0.2) is 55.6 Å². The fourth-order valence-corrected chi connectivity index (χ4v) is 6.53. The van der Waals surface area contributed by atoms with Gasteiger partial charge in [-0.15, -0.1) is 0 Å². The fourth-order valence-electron chi connectivity index (χ4n) is 4.06. The van der Waals surface area contributed by atoms with E-state index in [4.69, 9.17) is 11.6 Å². The molecule has 2 fully saturated rings. The molecule has 11 heteroatoms. The van der Waals surface area contributed by atoms with Gasteiger partial charge in [0.1, 0.15) is 4.34 Å². The molecule has 2 aromatic rings. The summed E-state index contributed by atoms with van der Waals surface area (Å²) in [6.45, 7) is 1.21. The van der Waals surface area contributed by atoms with Crippen molar-refractivity contribution in [2.24, 2.45) is 5.92 Å². The number of hydrogen-bond donors (Lipinski definition) is 2. The van der Waals surface area contributed by atoms with Crippen molar-refractivity contribution in [3.05, 3.63) is 40.4 Å². The standard InChI is InChI=1S/C21H25ClN4O4S2/c1-23-21(28)26-9-8-13(12-26)10-17(19(27)25-20-24-11-18(22)31-20)14-2-4-15(5-3-14)32(29,30)16-6-7-16/h2-5,11,13,16-17H,6-10,12H2,1H3,(H,23,28)(H,24,25,27)/t13-,17-/m1/s1. The highest BCUT2D eigenvalue weighted by Gasteiger charge is 2.37. The minimum atomic E-state index is -3.29. The van der Waals surface area contributed by atoms with E-state index in [1.165, 1.54) is 17.5 Å². The Kier molecular flexibility index (Phi) is 6.73. The number of thiazole rings is 1. The highest BCUT2D eigenvalue weighted by Crippen LogP contribution is 2.35. The Morgan fingerprint density at radius 3 is 2.56 bits per heavy atom. The molecule has 2 aliphatic rings.